The third kappa shape index (κ3) is 9.55. The number of rotatable bonds is 9. The zero-order valence-electron chi connectivity index (χ0n) is 47.6. The molecule has 14 aromatic rings. The van der Waals surface area contributed by atoms with Crippen LogP contribution in [0, 0.1) is 55.4 Å². The van der Waals surface area contributed by atoms with E-state index in [1.165, 1.54) is 12.1 Å². The third-order valence-electron chi connectivity index (χ3n) is 14.8. The van der Waals surface area contributed by atoms with E-state index < -0.39 is 11.7 Å². The van der Waals surface area contributed by atoms with Crippen molar-refractivity contribution in [2.24, 2.45) is 0 Å². The summed E-state index contributed by atoms with van der Waals surface area (Å²) in [5, 5.41) is 2.44. The Balaban J connectivity index is 1.13. The van der Waals surface area contributed by atoms with Gasteiger partial charge in [0.2, 0.25) is 0 Å². The van der Waals surface area contributed by atoms with Gasteiger partial charge in [-0.15, -0.1) is 0 Å². The second-order valence-corrected chi connectivity index (χ2v) is 21.0. The molecule has 17 nitrogen and oxygen atoms in total. The molecule has 0 saturated carbocycles. The maximum atomic E-state index is 17.5. The molecule has 0 bridgehead atoms. The predicted molar refractivity (Wildman–Crippen MR) is 323 cm³/mol. The number of aromatic nitrogens is 17. The van der Waals surface area contributed by atoms with Gasteiger partial charge in [-0.05, 0) is 140 Å². The van der Waals surface area contributed by atoms with Crippen molar-refractivity contribution >= 4 is 43.6 Å². The van der Waals surface area contributed by atoms with Crippen LogP contribution in [0.4, 0.5) is 13.2 Å². The summed E-state index contributed by atoms with van der Waals surface area (Å²) in [7, 11) is 0. The van der Waals surface area contributed by atoms with Crippen molar-refractivity contribution in [3.05, 3.63) is 198 Å². The molecule has 14 rings (SSSR count). The van der Waals surface area contributed by atoms with Crippen molar-refractivity contribution < 1.29 is 13.2 Å². The summed E-state index contributed by atoms with van der Waals surface area (Å²) in [5.41, 5.74) is 4.62. The van der Waals surface area contributed by atoms with E-state index >= 15 is 13.2 Å². The van der Waals surface area contributed by atoms with Crippen molar-refractivity contribution in [1.29, 1.82) is 0 Å². The Morgan fingerprint density at radius 2 is 0.500 bits per heavy atom. The van der Waals surface area contributed by atoms with E-state index in [-0.39, 0.29) is 22.8 Å². The SMILES string of the molecule is Cc1nc(C)nc(-c2ccc3c(c2)c2cc(-c4nc(C)nc(C)n4)ccc2n3-c2cc(-c3nc(-c4ccccc4)nc(-c4ccccc4)n3)cc(-n3c4ccc(-c5nc(C)nc(C)n5)cc4c4cc(-c5nc(C)nc(C)n5)ccc43)c2C(F)(F)F)n1. The molecule has 0 unspecified atom stereocenters. The van der Waals surface area contributed by atoms with Crippen LogP contribution in [-0.4, -0.2) is 83.9 Å². The quantitative estimate of drug-likeness (QED) is 0.132. The van der Waals surface area contributed by atoms with Crippen LogP contribution < -0.4 is 0 Å². The molecule has 0 radical (unpaired) electrons. The van der Waals surface area contributed by atoms with E-state index in [1.807, 2.05) is 133 Å². The number of alkyl halides is 3. The van der Waals surface area contributed by atoms with Gasteiger partial charge in [-0.2, -0.15) is 13.2 Å². The topological polar surface area (TPSA) is 203 Å². The molecular formula is C66H48F3N17. The van der Waals surface area contributed by atoms with Crippen LogP contribution in [0.3, 0.4) is 0 Å². The van der Waals surface area contributed by atoms with E-state index in [9.17, 15) is 0 Å². The monoisotopic (exact) mass is 1140 g/mol. The summed E-state index contributed by atoms with van der Waals surface area (Å²) in [4.78, 5) is 70.4. The van der Waals surface area contributed by atoms with Gasteiger partial charge in [0.25, 0.3) is 0 Å². The molecule has 0 aliphatic rings. The molecule has 7 aromatic heterocycles. The summed E-state index contributed by atoms with van der Waals surface area (Å²) >= 11 is 0. The van der Waals surface area contributed by atoms with E-state index in [0.717, 1.165) is 0 Å². The number of nitrogens with zero attached hydrogens (tertiary/aromatic N) is 17. The molecule has 0 atom stereocenters. The van der Waals surface area contributed by atoms with Crippen LogP contribution >= 0.6 is 0 Å². The number of fused-ring (bicyclic) bond motifs is 6. The van der Waals surface area contributed by atoms with E-state index in [4.69, 9.17) is 54.8 Å². The molecule has 0 N–H and O–H groups in total. The largest absolute Gasteiger partial charge is 0.420 e. The fourth-order valence-corrected chi connectivity index (χ4v) is 11.4. The lowest BCUT2D eigenvalue weighted by Crippen LogP contribution is -2.16. The van der Waals surface area contributed by atoms with Gasteiger partial charge >= 0.3 is 6.18 Å². The van der Waals surface area contributed by atoms with Crippen molar-refractivity contribution in [2.75, 3.05) is 0 Å². The molecule has 20 heteroatoms. The minimum absolute atomic E-state index is 0.131. The molecule has 7 heterocycles. The molecule has 7 aromatic carbocycles. The minimum Gasteiger partial charge on any atom is -0.309 e. The van der Waals surface area contributed by atoms with Crippen LogP contribution in [0.2, 0.25) is 0 Å². The molecular weight excluding hydrogens is 1090 g/mol. The molecule has 0 aliphatic carbocycles. The molecule has 0 spiro atoms. The van der Waals surface area contributed by atoms with Gasteiger partial charge in [0.05, 0.1) is 33.4 Å². The summed E-state index contributed by atoms with van der Waals surface area (Å²) in [6.45, 7) is 14.3. The number of benzene rings is 7. The summed E-state index contributed by atoms with van der Waals surface area (Å²) in [6, 6.07) is 44.1. The Bertz CT molecular complexity index is 4500. The summed E-state index contributed by atoms with van der Waals surface area (Å²) in [5.74, 6) is 6.58. The molecule has 0 aliphatic heterocycles. The Kier molecular flexibility index (Phi) is 12.6. The Hall–Kier alpha value is -11.0. The molecule has 418 valence electrons. The standard InChI is InChI=1S/C66H48F3N17/c1-33-70-34(2)75-61(74-33)43-19-23-52-48(27-43)49-28-44(62-76-35(3)71-36(4)77-62)20-24-53(49)85(52)56-31-47(65-83-59(41-15-11-9-12-16-41)82-60(84-65)42-17-13-10-14-18-42)32-57(58(56)66(67,68)69)86-54-25-21-45(63-78-37(5)72-38(6)79-63)29-50(54)51-30-46(22-26-55(51)86)64-80-39(7)73-40(8)81-64/h9-32H,1-8H3. The summed E-state index contributed by atoms with van der Waals surface area (Å²) in [6.07, 6.45) is -5.03. The van der Waals surface area contributed by atoms with Gasteiger partial charge < -0.3 is 9.13 Å². The van der Waals surface area contributed by atoms with Crippen LogP contribution in [0.15, 0.2) is 146 Å². The predicted octanol–water partition coefficient (Wildman–Crippen LogP) is 14.0. The summed E-state index contributed by atoms with van der Waals surface area (Å²) < 4.78 is 55.8. The number of hydrogen-bond donors (Lipinski definition) is 0. The van der Waals surface area contributed by atoms with Gasteiger partial charge in [-0.25, -0.2) is 74.8 Å². The molecule has 0 amide bonds. The third-order valence-corrected chi connectivity index (χ3v) is 14.8. The Morgan fingerprint density at radius 1 is 0.256 bits per heavy atom. The number of hydrogen-bond acceptors (Lipinski definition) is 15. The first kappa shape index (κ1) is 53.0. The second-order valence-electron chi connectivity index (χ2n) is 21.0. The highest BCUT2D eigenvalue weighted by molar-refractivity contribution is 6.13. The fraction of sp³-hybridized carbons (Fsp3) is 0.136. The first-order valence-corrected chi connectivity index (χ1v) is 27.5. The van der Waals surface area contributed by atoms with Crippen molar-refractivity contribution in [3.63, 3.8) is 0 Å². The van der Waals surface area contributed by atoms with Crippen molar-refractivity contribution in [1.82, 2.24) is 83.9 Å². The zero-order chi connectivity index (χ0) is 59.3. The van der Waals surface area contributed by atoms with E-state index in [2.05, 4.69) is 19.9 Å². The van der Waals surface area contributed by atoms with Crippen LogP contribution in [0.25, 0.3) is 135 Å². The lowest BCUT2D eigenvalue weighted by atomic mass is 10.0. The Morgan fingerprint density at radius 3 is 0.756 bits per heavy atom. The lowest BCUT2D eigenvalue weighted by Gasteiger charge is -2.23. The highest BCUT2D eigenvalue weighted by atomic mass is 19.4. The zero-order valence-corrected chi connectivity index (χ0v) is 47.6. The van der Waals surface area contributed by atoms with Crippen molar-refractivity contribution in [3.8, 4) is 91.1 Å². The van der Waals surface area contributed by atoms with Gasteiger partial charge in [0.1, 0.15) is 52.2 Å². The number of halogens is 3. The van der Waals surface area contributed by atoms with E-state index in [1.54, 1.807) is 64.5 Å². The maximum Gasteiger partial charge on any atom is 0.420 e. The van der Waals surface area contributed by atoms with Gasteiger partial charge in [-0.1, -0.05) is 60.7 Å². The second kappa shape index (κ2) is 20.4. The average molecular weight is 1140 g/mol. The van der Waals surface area contributed by atoms with Gasteiger partial charge in [0.15, 0.2) is 40.8 Å². The van der Waals surface area contributed by atoms with Gasteiger partial charge in [0, 0.05) is 60.5 Å². The minimum atomic E-state index is -5.03. The molecule has 0 fully saturated rings. The molecule has 0 saturated heterocycles. The first-order chi connectivity index (χ1) is 41.5. The Labute approximate surface area is 489 Å². The van der Waals surface area contributed by atoms with Crippen LogP contribution in [0.5, 0.6) is 0 Å². The fourth-order valence-electron chi connectivity index (χ4n) is 11.4. The van der Waals surface area contributed by atoms with E-state index in [0.29, 0.717) is 159 Å². The highest BCUT2D eigenvalue weighted by Crippen LogP contribution is 2.47. The first-order valence-electron chi connectivity index (χ1n) is 27.5. The highest BCUT2D eigenvalue weighted by Gasteiger charge is 2.40. The number of aryl methyl sites for hydroxylation is 8. The van der Waals surface area contributed by atoms with Gasteiger partial charge in [-0.3, -0.25) is 0 Å². The average Bonchev–Trinajstić information content (AvgIpc) is 2.11. The smallest absolute Gasteiger partial charge is 0.309 e. The maximum absolute atomic E-state index is 17.5. The van der Waals surface area contributed by atoms with Crippen LogP contribution in [0.1, 0.15) is 52.2 Å². The normalized spacial score (nSPS) is 11.9. The van der Waals surface area contributed by atoms with Crippen LogP contribution in [-0.2, 0) is 6.18 Å². The lowest BCUT2D eigenvalue weighted by molar-refractivity contribution is -0.137. The molecule has 86 heavy (non-hydrogen) atoms. The van der Waals surface area contributed by atoms with Crippen molar-refractivity contribution in [2.45, 2.75) is 61.6 Å².